The molecule has 0 N–H and O–H groups in total. The summed E-state index contributed by atoms with van der Waals surface area (Å²) in [6.45, 7) is 6.51. The van der Waals surface area contributed by atoms with Crippen LogP contribution < -0.4 is 0 Å². The quantitative estimate of drug-likeness (QED) is 0.543. The molecule has 0 unspecified atom stereocenters. The molecule has 35 heavy (non-hydrogen) atoms. The summed E-state index contributed by atoms with van der Waals surface area (Å²) in [6, 6.07) is 15.2. The fraction of sp³-hybridized carbons (Fsp3) is 0.407. The Morgan fingerprint density at radius 2 is 1.66 bits per heavy atom. The molecule has 0 spiro atoms. The van der Waals surface area contributed by atoms with Gasteiger partial charge in [-0.2, -0.15) is 4.31 Å². The highest BCUT2D eigenvalue weighted by Gasteiger charge is 2.29. The van der Waals surface area contributed by atoms with Crippen LogP contribution in [0.15, 0.2) is 59.6 Å². The summed E-state index contributed by atoms with van der Waals surface area (Å²) < 4.78 is 27.8. The number of hydrogen-bond acceptors (Lipinski definition) is 5. The van der Waals surface area contributed by atoms with Crippen LogP contribution in [0.25, 0.3) is 10.9 Å². The molecular weight excluding hydrogens is 460 g/mol. The van der Waals surface area contributed by atoms with Gasteiger partial charge in [-0.05, 0) is 49.1 Å². The van der Waals surface area contributed by atoms with Crippen molar-refractivity contribution in [3.63, 3.8) is 0 Å². The molecule has 2 aliphatic heterocycles. The van der Waals surface area contributed by atoms with Crippen LogP contribution in [-0.2, 0) is 16.6 Å². The van der Waals surface area contributed by atoms with E-state index in [2.05, 4.69) is 34.1 Å². The zero-order valence-corrected chi connectivity index (χ0v) is 21.0. The number of para-hydroxylation sites is 1. The number of piperidine rings is 1. The van der Waals surface area contributed by atoms with Crippen molar-refractivity contribution in [1.29, 1.82) is 0 Å². The van der Waals surface area contributed by atoms with Gasteiger partial charge in [-0.15, -0.1) is 0 Å². The van der Waals surface area contributed by atoms with E-state index in [1.54, 1.807) is 22.5 Å². The van der Waals surface area contributed by atoms with Crippen LogP contribution in [-0.4, -0.2) is 72.7 Å². The van der Waals surface area contributed by atoms with Crippen molar-refractivity contribution >= 4 is 26.8 Å². The molecule has 2 fully saturated rings. The number of hydrogen-bond donors (Lipinski definition) is 0. The SMILES string of the molecule is Cc1ccc(S(=O)(=O)N2CCCCC2)cc1C(=O)N1CCN(Cc2cccc3cccnc23)CC1. The number of carbonyl (C=O) groups is 1. The number of nitrogens with zero attached hydrogens (tertiary/aromatic N) is 4. The molecule has 0 radical (unpaired) electrons. The van der Waals surface area contributed by atoms with Gasteiger partial charge in [0.1, 0.15) is 0 Å². The Kier molecular flexibility index (Phi) is 6.86. The third-order valence-electron chi connectivity index (χ3n) is 7.16. The topological polar surface area (TPSA) is 73.8 Å². The van der Waals surface area contributed by atoms with Crippen molar-refractivity contribution in [2.45, 2.75) is 37.6 Å². The monoisotopic (exact) mass is 492 g/mol. The van der Waals surface area contributed by atoms with Gasteiger partial charge in [-0.3, -0.25) is 14.7 Å². The van der Waals surface area contributed by atoms with Crippen molar-refractivity contribution in [3.8, 4) is 0 Å². The predicted molar refractivity (Wildman–Crippen MR) is 137 cm³/mol. The molecular formula is C27H32N4O3S. The Hall–Kier alpha value is -2.81. The first-order chi connectivity index (χ1) is 16.9. The minimum absolute atomic E-state index is 0.0929. The van der Waals surface area contributed by atoms with E-state index >= 15 is 0 Å². The van der Waals surface area contributed by atoms with E-state index in [-0.39, 0.29) is 10.8 Å². The average Bonchev–Trinajstić information content (AvgIpc) is 2.90. The molecule has 7 nitrogen and oxygen atoms in total. The predicted octanol–water partition coefficient (Wildman–Crippen LogP) is 3.68. The van der Waals surface area contributed by atoms with E-state index in [4.69, 9.17) is 0 Å². The Morgan fingerprint density at radius 3 is 2.43 bits per heavy atom. The average molecular weight is 493 g/mol. The standard InChI is InChI=1S/C27H32N4O3S/c1-21-10-11-24(35(33,34)31-13-3-2-4-14-31)19-25(21)27(32)30-17-15-29(16-18-30)20-23-8-5-7-22-9-6-12-28-26(22)23/h5-12,19H,2-4,13-18,20H2,1H3. The van der Waals surface area contributed by atoms with Gasteiger partial charge in [0, 0.05) is 63.0 Å². The van der Waals surface area contributed by atoms with E-state index in [1.807, 2.05) is 24.1 Å². The van der Waals surface area contributed by atoms with Gasteiger partial charge in [0.25, 0.3) is 5.91 Å². The lowest BCUT2D eigenvalue weighted by molar-refractivity contribution is 0.0628. The minimum atomic E-state index is -3.58. The molecule has 0 saturated carbocycles. The summed E-state index contributed by atoms with van der Waals surface area (Å²) in [6.07, 6.45) is 4.66. The van der Waals surface area contributed by atoms with Crippen LogP contribution in [0.5, 0.6) is 0 Å². The Bertz CT molecular complexity index is 1320. The fourth-order valence-electron chi connectivity index (χ4n) is 5.06. The Labute approximate surface area is 207 Å². The lowest BCUT2D eigenvalue weighted by Crippen LogP contribution is -2.48. The first-order valence-corrected chi connectivity index (χ1v) is 13.8. The summed E-state index contributed by atoms with van der Waals surface area (Å²) >= 11 is 0. The molecule has 3 aromatic rings. The van der Waals surface area contributed by atoms with Gasteiger partial charge < -0.3 is 4.90 Å². The normalized spacial score (nSPS) is 18.1. The zero-order valence-electron chi connectivity index (χ0n) is 20.2. The lowest BCUT2D eigenvalue weighted by Gasteiger charge is -2.35. The second-order valence-corrected chi connectivity index (χ2v) is 11.4. The molecule has 0 bridgehead atoms. The zero-order chi connectivity index (χ0) is 24.4. The van der Waals surface area contributed by atoms with E-state index in [0.717, 1.165) is 55.4 Å². The van der Waals surface area contributed by atoms with Crippen LogP contribution in [0.3, 0.4) is 0 Å². The molecule has 1 amide bonds. The van der Waals surface area contributed by atoms with Gasteiger partial charge in [0.15, 0.2) is 0 Å². The van der Waals surface area contributed by atoms with Crippen molar-refractivity contribution in [2.24, 2.45) is 0 Å². The van der Waals surface area contributed by atoms with Crippen molar-refractivity contribution in [1.82, 2.24) is 19.1 Å². The molecule has 8 heteroatoms. The van der Waals surface area contributed by atoms with Gasteiger partial charge in [0.05, 0.1) is 10.4 Å². The summed E-state index contributed by atoms with van der Waals surface area (Å²) in [5.74, 6) is -0.0929. The second kappa shape index (κ2) is 10.0. The fourth-order valence-corrected chi connectivity index (χ4v) is 6.61. The van der Waals surface area contributed by atoms with Gasteiger partial charge in [-0.25, -0.2) is 8.42 Å². The molecule has 2 saturated heterocycles. The van der Waals surface area contributed by atoms with Crippen molar-refractivity contribution in [2.75, 3.05) is 39.3 Å². The van der Waals surface area contributed by atoms with E-state index in [0.29, 0.717) is 31.7 Å². The van der Waals surface area contributed by atoms with Gasteiger partial charge in [0.2, 0.25) is 10.0 Å². The number of aryl methyl sites for hydroxylation is 1. The third-order valence-corrected chi connectivity index (χ3v) is 9.06. The van der Waals surface area contributed by atoms with Gasteiger partial charge >= 0.3 is 0 Å². The number of sulfonamides is 1. The number of pyridine rings is 1. The van der Waals surface area contributed by atoms with Crippen molar-refractivity contribution < 1.29 is 13.2 Å². The largest absolute Gasteiger partial charge is 0.336 e. The number of aromatic nitrogens is 1. The van der Waals surface area contributed by atoms with E-state index < -0.39 is 10.0 Å². The highest BCUT2D eigenvalue weighted by molar-refractivity contribution is 7.89. The molecule has 0 atom stereocenters. The van der Waals surface area contributed by atoms with Crippen LogP contribution in [0.1, 0.15) is 40.7 Å². The highest BCUT2D eigenvalue weighted by Crippen LogP contribution is 2.24. The smallest absolute Gasteiger partial charge is 0.254 e. The number of fused-ring (bicyclic) bond motifs is 1. The van der Waals surface area contributed by atoms with E-state index in [1.165, 1.54) is 5.56 Å². The molecule has 0 aliphatic carbocycles. The summed E-state index contributed by atoms with van der Waals surface area (Å²) in [5.41, 5.74) is 3.50. The maximum Gasteiger partial charge on any atom is 0.254 e. The number of carbonyl (C=O) groups excluding carboxylic acids is 1. The molecule has 184 valence electrons. The van der Waals surface area contributed by atoms with Crippen LogP contribution in [0, 0.1) is 6.92 Å². The van der Waals surface area contributed by atoms with Crippen LogP contribution in [0.2, 0.25) is 0 Å². The number of benzene rings is 2. The molecule has 2 aliphatic rings. The maximum atomic E-state index is 13.4. The number of rotatable bonds is 5. The second-order valence-electron chi connectivity index (χ2n) is 9.50. The van der Waals surface area contributed by atoms with E-state index in [9.17, 15) is 13.2 Å². The van der Waals surface area contributed by atoms with Crippen LogP contribution >= 0.6 is 0 Å². The number of amides is 1. The summed E-state index contributed by atoms with van der Waals surface area (Å²) in [5, 5.41) is 1.13. The van der Waals surface area contributed by atoms with Crippen LogP contribution in [0.4, 0.5) is 0 Å². The maximum absolute atomic E-state index is 13.4. The first kappa shape index (κ1) is 23.9. The third kappa shape index (κ3) is 4.96. The minimum Gasteiger partial charge on any atom is -0.336 e. The summed E-state index contributed by atoms with van der Waals surface area (Å²) in [4.78, 5) is 22.4. The summed E-state index contributed by atoms with van der Waals surface area (Å²) in [7, 11) is -3.58. The van der Waals surface area contributed by atoms with Crippen molar-refractivity contribution in [3.05, 3.63) is 71.4 Å². The molecule has 2 aromatic carbocycles. The number of piperazine rings is 1. The Balaban J connectivity index is 1.27. The molecule has 3 heterocycles. The highest BCUT2D eigenvalue weighted by atomic mass is 32.2. The lowest BCUT2D eigenvalue weighted by atomic mass is 10.1. The van der Waals surface area contributed by atoms with Gasteiger partial charge in [-0.1, -0.05) is 36.8 Å². The molecule has 1 aromatic heterocycles. The first-order valence-electron chi connectivity index (χ1n) is 12.4. The molecule has 5 rings (SSSR count). The Morgan fingerprint density at radius 1 is 0.914 bits per heavy atom.